The molecule has 2 aliphatic rings. The normalized spacial score (nSPS) is 26.1. The molecule has 0 amide bonds. The number of guanidine groups is 1. The minimum Gasteiger partial charge on any atom is -0.370 e. The second-order valence-electron chi connectivity index (χ2n) is 5.96. The van der Waals surface area contributed by atoms with Crippen molar-refractivity contribution in [2.24, 2.45) is 29.4 Å². The quantitative estimate of drug-likeness (QED) is 0.449. The van der Waals surface area contributed by atoms with E-state index in [0.717, 1.165) is 6.04 Å². The summed E-state index contributed by atoms with van der Waals surface area (Å²) < 4.78 is 1.99. The van der Waals surface area contributed by atoms with Gasteiger partial charge in [0, 0.05) is 25.8 Å². The zero-order valence-electron chi connectivity index (χ0n) is 12.5. The zero-order chi connectivity index (χ0) is 14.1. The summed E-state index contributed by atoms with van der Waals surface area (Å²) in [4.78, 5) is 6.91. The Morgan fingerprint density at radius 2 is 2.14 bits per heavy atom. The van der Waals surface area contributed by atoms with E-state index in [1.165, 1.54) is 37.9 Å². The second kappa shape index (κ2) is 6.95. The molecule has 3 rings (SSSR count). The number of aromatic nitrogens is 2. The first-order chi connectivity index (χ1) is 9.66. The summed E-state index contributed by atoms with van der Waals surface area (Å²) in [5.74, 6) is 0.666. The number of aryl methyl sites for hydroxylation is 1. The first-order valence-corrected chi connectivity index (χ1v) is 7.46. The Kier molecular flexibility index (Phi) is 5.48. The van der Waals surface area contributed by atoms with Crippen LogP contribution >= 0.6 is 24.0 Å². The zero-order valence-corrected chi connectivity index (χ0v) is 14.8. The van der Waals surface area contributed by atoms with Gasteiger partial charge in [0.1, 0.15) is 0 Å². The fourth-order valence-electron chi connectivity index (χ4n) is 3.42. The van der Waals surface area contributed by atoms with E-state index in [2.05, 4.69) is 21.1 Å². The number of aliphatic imine (C=N–C) groups is 1. The highest BCUT2D eigenvalue weighted by Gasteiger charge is 2.41. The molecule has 1 saturated carbocycles. The molecule has 0 spiro atoms. The standard InChI is InChI=1S/C14H24N6.HI/c1-19-12(6-7-18-19)13-10(9-17-14(15)16)3-2-8-20(13)11-4-5-11;/h6-7,10-11,13H,2-5,8-9H2,1H3,(H4,15,16,17);1H/t10-,13+;/m0./s1. The van der Waals surface area contributed by atoms with E-state index in [-0.39, 0.29) is 29.9 Å². The lowest BCUT2D eigenvalue weighted by Crippen LogP contribution is -2.42. The Labute approximate surface area is 143 Å². The van der Waals surface area contributed by atoms with E-state index in [4.69, 9.17) is 11.5 Å². The molecule has 0 aromatic carbocycles. The van der Waals surface area contributed by atoms with E-state index in [1.807, 2.05) is 17.9 Å². The van der Waals surface area contributed by atoms with Gasteiger partial charge in [-0.05, 0) is 44.2 Å². The largest absolute Gasteiger partial charge is 0.370 e. The van der Waals surface area contributed by atoms with Crippen LogP contribution in [0.4, 0.5) is 0 Å². The van der Waals surface area contributed by atoms with E-state index in [1.54, 1.807) is 0 Å². The van der Waals surface area contributed by atoms with Gasteiger partial charge in [-0.2, -0.15) is 5.10 Å². The lowest BCUT2D eigenvalue weighted by Gasteiger charge is -2.41. The first-order valence-electron chi connectivity index (χ1n) is 7.46. The van der Waals surface area contributed by atoms with Gasteiger partial charge in [0.05, 0.1) is 11.7 Å². The fourth-order valence-corrected chi connectivity index (χ4v) is 3.42. The molecule has 0 radical (unpaired) electrons. The minimum atomic E-state index is 0. The van der Waals surface area contributed by atoms with Gasteiger partial charge >= 0.3 is 0 Å². The second-order valence-corrected chi connectivity index (χ2v) is 5.96. The summed E-state index contributed by atoms with van der Waals surface area (Å²) in [6, 6.07) is 3.28. The van der Waals surface area contributed by atoms with Crippen LogP contribution < -0.4 is 11.5 Å². The summed E-state index contributed by atoms with van der Waals surface area (Å²) in [6.45, 7) is 1.89. The van der Waals surface area contributed by atoms with Crippen LogP contribution in [0, 0.1) is 5.92 Å². The maximum Gasteiger partial charge on any atom is 0.185 e. The number of halogens is 1. The number of rotatable bonds is 4. The van der Waals surface area contributed by atoms with Gasteiger partial charge in [-0.25, -0.2) is 0 Å². The average Bonchev–Trinajstić information content (AvgIpc) is 3.19. The van der Waals surface area contributed by atoms with Crippen LogP contribution in [-0.2, 0) is 7.05 Å². The van der Waals surface area contributed by atoms with Crippen LogP contribution in [-0.4, -0.2) is 39.8 Å². The van der Waals surface area contributed by atoms with Crippen molar-refractivity contribution < 1.29 is 0 Å². The van der Waals surface area contributed by atoms with E-state index in [9.17, 15) is 0 Å². The first kappa shape index (κ1) is 16.5. The van der Waals surface area contributed by atoms with Crippen molar-refractivity contribution in [2.45, 2.75) is 37.8 Å². The molecular formula is C14H25IN6. The molecule has 2 heterocycles. The molecule has 1 aliphatic carbocycles. The molecule has 0 unspecified atom stereocenters. The molecule has 0 bridgehead atoms. The molecule has 21 heavy (non-hydrogen) atoms. The molecule has 1 aromatic heterocycles. The van der Waals surface area contributed by atoms with Crippen molar-refractivity contribution in [3.8, 4) is 0 Å². The van der Waals surface area contributed by atoms with Crippen LogP contribution in [0.1, 0.15) is 37.4 Å². The summed E-state index contributed by atoms with van der Waals surface area (Å²) in [6.07, 6.45) is 6.94. The maximum absolute atomic E-state index is 5.51. The molecule has 1 aromatic rings. The number of hydrogen-bond acceptors (Lipinski definition) is 3. The number of piperidine rings is 1. The van der Waals surface area contributed by atoms with E-state index >= 15 is 0 Å². The third-order valence-corrected chi connectivity index (χ3v) is 4.48. The van der Waals surface area contributed by atoms with Crippen molar-refractivity contribution in [1.29, 1.82) is 0 Å². The van der Waals surface area contributed by atoms with Crippen LogP contribution in [0.5, 0.6) is 0 Å². The lowest BCUT2D eigenvalue weighted by atomic mass is 9.86. The summed E-state index contributed by atoms with van der Waals surface area (Å²) in [5.41, 5.74) is 12.3. The van der Waals surface area contributed by atoms with Gasteiger partial charge in [-0.3, -0.25) is 14.6 Å². The number of likely N-dealkylation sites (tertiary alicyclic amines) is 1. The Bertz CT molecular complexity index is 491. The SMILES string of the molecule is Cn1nccc1[C@H]1[C@H](CN=C(N)N)CCCN1C1CC1.I. The van der Waals surface area contributed by atoms with Crippen LogP contribution in [0.25, 0.3) is 0 Å². The molecule has 2 atom stereocenters. The Hall–Kier alpha value is -0.830. The van der Waals surface area contributed by atoms with Crippen LogP contribution in [0.2, 0.25) is 0 Å². The monoisotopic (exact) mass is 404 g/mol. The van der Waals surface area contributed by atoms with Crippen molar-refractivity contribution in [2.75, 3.05) is 13.1 Å². The predicted octanol–water partition coefficient (Wildman–Crippen LogP) is 1.23. The maximum atomic E-state index is 5.51. The molecular weight excluding hydrogens is 379 g/mol. The molecule has 1 aliphatic heterocycles. The Morgan fingerprint density at radius 1 is 1.38 bits per heavy atom. The van der Waals surface area contributed by atoms with E-state index in [0.29, 0.717) is 18.5 Å². The number of hydrogen-bond donors (Lipinski definition) is 2. The van der Waals surface area contributed by atoms with E-state index < -0.39 is 0 Å². The molecule has 4 N–H and O–H groups in total. The highest BCUT2D eigenvalue weighted by Crippen LogP contribution is 2.42. The summed E-state index contributed by atoms with van der Waals surface area (Å²) >= 11 is 0. The molecule has 6 nitrogen and oxygen atoms in total. The fraction of sp³-hybridized carbons (Fsp3) is 0.714. The molecule has 7 heteroatoms. The van der Waals surface area contributed by atoms with Crippen molar-refractivity contribution in [3.63, 3.8) is 0 Å². The van der Waals surface area contributed by atoms with Crippen molar-refractivity contribution >= 4 is 29.9 Å². The highest BCUT2D eigenvalue weighted by molar-refractivity contribution is 14.0. The van der Waals surface area contributed by atoms with Gasteiger partial charge in [0.15, 0.2) is 5.96 Å². The lowest BCUT2D eigenvalue weighted by molar-refractivity contribution is 0.0824. The smallest absolute Gasteiger partial charge is 0.185 e. The van der Waals surface area contributed by atoms with Gasteiger partial charge in [0.2, 0.25) is 0 Å². The number of nitrogens with zero attached hydrogens (tertiary/aromatic N) is 4. The predicted molar refractivity (Wildman–Crippen MR) is 94.5 cm³/mol. The highest BCUT2D eigenvalue weighted by atomic mass is 127. The Balaban J connectivity index is 0.00000161. The third kappa shape index (κ3) is 3.68. The van der Waals surface area contributed by atoms with Gasteiger partial charge in [-0.1, -0.05) is 0 Å². The topological polar surface area (TPSA) is 85.5 Å². The molecule has 118 valence electrons. The van der Waals surface area contributed by atoms with Crippen LogP contribution in [0.3, 0.4) is 0 Å². The third-order valence-electron chi connectivity index (χ3n) is 4.48. The van der Waals surface area contributed by atoms with Crippen molar-refractivity contribution in [3.05, 3.63) is 18.0 Å². The van der Waals surface area contributed by atoms with Crippen LogP contribution in [0.15, 0.2) is 17.3 Å². The van der Waals surface area contributed by atoms with Gasteiger partial charge < -0.3 is 11.5 Å². The molecule has 1 saturated heterocycles. The van der Waals surface area contributed by atoms with Gasteiger partial charge in [-0.15, -0.1) is 24.0 Å². The van der Waals surface area contributed by atoms with Crippen molar-refractivity contribution in [1.82, 2.24) is 14.7 Å². The average molecular weight is 404 g/mol. The Morgan fingerprint density at radius 3 is 2.71 bits per heavy atom. The summed E-state index contributed by atoms with van der Waals surface area (Å²) in [7, 11) is 2.02. The van der Waals surface area contributed by atoms with Gasteiger partial charge in [0.25, 0.3) is 0 Å². The summed E-state index contributed by atoms with van der Waals surface area (Å²) in [5, 5.41) is 4.34. The molecule has 2 fully saturated rings. The minimum absolute atomic E-state index is 0. The number of nitrogens with two attached hydrogens (primary N) is 2.